The molecule has 156 valence electrons. The highest BCUT2D eigenvalue weighted by Crippen LogP contribution is 2.37. The largest absolute Gasteiger partial charge is 0.489 e. The number of hydrogen-bond donors (Lipinski definition) is 0. The summed E-state index contributed by atoms with van der Waals surface area (Å²) in [5.41, 5.74) is 3.41. The van der Waals surface area contributed by atoms with Crippen molar-refractivity contribution in [3.05, 3.63) is 133 Å². The third-order valence-corrected chi connectivity index (χ3v) is 5.54. The second-order valence-corrected chi connectivity index (χ2v) is 7.67. The summed E-state index contributed by atoms with van der Waals surface area (Å²) in [6, 6.07) is 43.2. The predicted molar refractivity (Wildman–Crippen MR) is 131 cm³/mol. The first kappa shape index (κ1) is 19.9. The van der Waals surface area contributed by atoms with Crippen LogP contribution in [-0.2, 0) is 0 Å². The van der Waals surface area contributed by atoms with Gasteiger partial charge in [0.1, 0.15) is 18.1 Å². The summed E-state index contributed by atoms with van der Waals surface area (Å²) in [4.78, 5) is 0. The van der Waals surface area contributed by atoms with E-state index in [4.69, 9.17) is 9.47 Å². The molecule has 0 aliphatic rings. The van der Waals surface area contributed by atoms with Crippen molar-refractivity contribution in [1.29, 1.82) is 0 Å². The Labute approximate surface area is 188 Å². The van der Waals surface area contributed by atoms with Gasteiger partial charge in [0.2, 0.25) is 0 Å². The van der Waals surface area contributed by atoms with E-state index in [-0.39, 0.29) is 6.10 Å². The smallest absolute Gasteiger partial charge is 0.158 e. The fourth-order valence-electron chi connectivity index (χ4n) is 3.97. The van der Waals surface area contributed by atoms with Gasteiger partial charge in [-0.2, -0.15) is 0 Å². The van der Waals surface area contributed by atoms with Gasteiger partial charge in [-0.3, -0.25) is 0 Å². The van der Waals surface area contributed by atoms with Crippen LogP contribution in [-0.4, -0.2) is 6.61 Å². The van der Waals surface area contributed by atoms with Crippen molar-refractivity contribution < 1.29 is 9.47 Å². The summed E-state index contributed by atoms with van der Waals surface area (Å²) < 4.78 is 12.8. The zero-order valence-corrected chi connectivity index (χ0v) is 17.7. The minimum Gasteiger partial charge on any atom is -0.489 e. The molecule has 0 aliphatic heterocycles. The Kier molecular flexibility index (Phi) is 5.85. The summed E-state index contributed by atoms with van der Waals surface area (Å²) >= 11 is 0. The van der Waals surface area contributed by atoms with Crippen LogP contribution in [0.1, 0.15) is 11.7 Å². The molecule has 5 aromatic rings. The third kappa shape index (κ3) is 4.35. The van der Waals surface area contributed by atoms with E-state index in [1.807, 2.05) is 66.7 Å². The maximum atomic E-state index is 6.67. The first-order valence-electron chi connectivity index (χ1n) is 10.8. The molecule has 0 N–H and O–H groups in total. The topological polar surface area (TPSA) is 18.5 Å². The molecule has 5 rings (SSSR count). The van der Waals surface area contributed by atoms with E-state index in [9.17, 15) is 0 Å². The summed E-state index contributed by atoms with van der Waals surface area (Å²) in [6.45, 7) is 0.415. The average molecular weight is 417 g/mol. The van der Waals surface area contributed by atoms with Gasteiger partial charge in [0, 0.05) is 5.39 Å². The van der Waals surface area contributed by atoms with Crippen molar-refractivity contribution in [3.8, 4) is 22.6 Å². The number of ether oxygens (including phenoxy) is 2. The van der Waals surface area contributed by atoms with Crippen molar-refractivity contribution in [1.82, 2.24) is 0 Å². The highest BCUT2D eigenvalue weighted by molar-refractivity contribution is 6.00. The lowest BCUT2D eigenvalue weighted by Crippen LogP contribution is -2.17. The minimum absolute atomic E-state index is 0.245. The summed E-state index contributed by atoms with van der Waals surface area (Å²) in [7, 11) is 0. The van der Waals surface area contributed by atoms with Crippen molar-refractivity contribution in [2.45, 2.75) is 6.10 Å². The normalized spacial score (nSPS) is 11.8. The molecule has 0 aliphatic carbocycles. The van der Waals surface area contributed by atoms with Crippen LogP contribution in [0.5, 0.6) is 11.5 Å². The number of para-hydroxylation sites is 1. The predicted octanol–water partition coefficient (Wildman–Crippen LogP) is 7.71. The molecule has 0 amide bonds. The SMILES string of the molecule is c1ccc(OCC(Oc2cccc3cccc(-c4ccccc4)c23)c2ccccc2)cc1. The van der Waals surface area contributed by atoms with Gasteiger partial charge in [-0.05, 0) is 40.3 Å². The molecule has 32 heavy (non-hydrogen) atoms. The van der Waals surface area contributed by atoms with Gasteiger partial charge in [0.15, 0.2) is 6.10 Å². The van der Waals surface area contributed by atoms with Gasteiger partial charge >= 0.3 is 0 Å². The Morgan fingerprint density at radius 1 is 0.562 bits per heavy atom. The van der Waals surface area contributed by atoms with E-state index in [1.165, 1.54) is 5.56 Å². The summed E-state index contributed by atoms with van der Waals surface area (Å²) in [5, 5.41) is 2.27. The number of rotatable bonds is 7. The molecule has 1 unspecified atom stereocenters. The average Bonchev–Trinajstić information content (AvgIpc) is 2.88. The Balaban J connectivity index is 1.54. The van der Waals surface area contributed by atoms with E-state index in [0.29, 0.717) is 6.61 Å². The molecule has 0 aromatic heterocycles. The van der Waals surface area contributed by atoms with Crippen LogP contribution in [0, 0.1) is 0 Å². The number of benzene rings is 5. The van der Waals surface area contributed by atoms with E-state index in [2.05, 4.69) is 60.7 Å². The van der Waals surface area contributed by atoms with Gasteiger partial charge in [0.25, 0.3) is 0 Å². The van der Waals surface area contributed by atoms with Crippen molar-refractivity contribution >= 4 is 10.8 Å². The molecule has 2 heteroatoms. The molecule has 0 heterocycles. The first-order chi connectivity index (χ1) is 15.9. The van der Waals surface area contributed by atoms with Gasteiger partial charge in [-0.25, -0.2) is 0 Å². The Bertz CT molecular complexity index is 1280. The van der Waals surface area contributed by atoms with Crippen molar-refractivity contribution in [2.24, 2.45) is 0 Å². The van der Waals surface area contributed by atoms with Crippen LogP contribution >= 0.6 is 0 Å². The van der Waals surface area contributed by atoms with Crippen LogP contribution in [0.2, 0.25) is 0 Å². The molecule has 0 bridgehead atoms. The molecule has 1 atom stereocenters. The summed E-state index contributed by atoms with van der Waals surface area (Å²) in [5.74, 6) is 1.69. The molecule has 2 nitrogen and oxygen atoms in total. The van der Waals surface area contributed by atoms with Crippen molar-refractivity contribution in [3.63, 3.8) is 0 Å². The number of fused-ring (bicyclic) bond motifs is 1. The molecule has 0 spiro atoms. The van der Waals surface area contributed by atoms with Crippen LogP contribution in [0.15, 0.2) is 127 Å². The molecule has 0 fully saturated rings. The standard InChI is InChI=1S/C30H24O2/c1-4-12-23(13-5-1)27-20-10-16-25-17-11-21-28(30(25)27)32-29(24-14-6-2-7-15-24)22-31-26-18-8-3-9-19-26/h1-21,29H,22H2. The number of hydrogen-bond acceptors (Lipinski definition) is 2. The monoisotopic (exact) mass is 416 g/mol. The van der Waals surface area contributed by atoms with E-state index in [1.54, 1.807) is 0 Å². The Hall–Kier alpha value is -4.04. The molecular formula is C30H24O2. The Morgan fingerprint density at radius 2 is 1.19 bits per heavy atom. The molecule has 0 saturated heterocycles. The summed E-state index contributed by atoms with van der Waals surface area (Å²) in [6.07, 6.45) is -0.245. The zero-order valence-electron chi connectivity index (χ0n) is 17.7. The van der Waals surface area contributed by atoms with E-state index in [0.717, 1.165) is 33.4 Å². The second kappa shape index (κ2) is 9.40. The van der Waals surface area contributed by atoms with E-state index >= 15 is 0 Å². The van der Waals surface area contributed by atoms with Gasteiger partial charge < -0.3 is 9.47 Å². The van der Waals surface area contributed by atoms with Gasteiger partial charge in [0.05, 0.1) is 0 Å². The maximum Gasteiger partial charge on any atom is 0.158 e. The van der Waals surface area contributed by atoms with Crippen LogP contribution in [0.25, 0.3) is 21.9 Å². The van der Waals surface area contributed by atoms with Gasteiger partial charge in [-0.1, -0.05) is 109 Å². The Morgan fingerprint density at radius 3 is 1.91 bits per heavy atom. The van der Waals surface area contributed by atoms with E-state index < -0.39 is 0 Å². The quantitative estimate of drug-likeness (QED) is 0.270. The van der Waals surface area contributed by atoms with Crippen LogP contribution in [0.3, 0.4) is 0 Å². The first-order valence-corrected chi connectivity index (χ1v) is 10.8. The fraction of sp³-hybridized carbons (Fsp3) is 0.0667. The third-order valence-electron chi connectivity index (χ3n) is 5.54. The van der Waals surface area contributed by atoms with Crippen LogP contribution in [0.4, 0.5) is 0 Å². The molecule has 5 aromatic carbocycles. The molecular weight excluding hydrogens is 392 g/mol. The lowest BCUT2D eigenvalue weighted by molar-refractivity contribution is 0.131. The second-order valence-electron chi connectivity index (χ2n) is 7.67. The molecule has 0 saturated carbocycles. The zero-order chi connectivity index (χ0) is 21.6. The lowest BCUT2D eigenvalue weighted by Gasteiger charge is -2.22. The van der Waals surface area contributed by atoms with Crippen LogP contribution < -0.4 is 9.47 Å². The fourth-order valence-corrected chi connectivity index (χ4v) is 3.97. The van der Waals surface area contributed by atoms with Gasteiger partial charge in [-0.15, -0.1) is 0 Å². The lowest BCUT2D eigenvalue weighted by atomic mass is 9.97. The minimum atomic E-state index is -0.245. The maximum absolute atomic E-state index is 6.67. The highest BCUT2D eigenvalue weighted by atomic mass is 16.5. The molecule has 0 radical (unpaired) electrons. The highest BCUT2D eigenvalue weighted by Gasteiger charge is 2.17. The van der Waals surface area contributed by atoms with Crippen molar-refractivity contribution in [2.75, 3.05) is 6.61 Å².